The zero-order chi connectivity index (χ0) is 16.2. The number of carbonyl (C=O) groups excluding carboxylic acids is 1. The molecule has 1 atom stereocenters. The summed E-state index contributed by atoms with van der Waals surface area (Å²) in [6, 6.07) is 14.1. The van der Waals surface area contributed by atoms with Crippen molar-refractivity contribution in [1.82, 2.24) is 15.5 Å². The number of rotatable bonds is 5. The van der Waals surface area contributed by atoms with Gasteiger partial charge in [0.15, 0.2) is 0 Å². The van der Waals surface area contributed by atoms with Crippen LogP contribution in [-0.2, 0) is 6.42 Å². The van der Waals surface area contributed by atoms with Gasteiger partial charge in [-0.3, -0.25) is 9.89 Å². The van der Waals surface area contributed by atoms with Gasteiger partial charge in [-0.1, -0.05) is 35.9 Å². The van der Waals surface area contributed by atoms with Crippen molar-refractivity contribution in [1.29, 1.82) is 0 Å². The maximum absolute atomic E-state index is 12.3. The molecule has 0 aliphatic heterocycles. The molecule has 3 rings (SSSR count). The van der Waals surface area contributed by atoms with Crippen LogP contribution in [-0.4, -0.2) is 22.1 Å². The standard InChI is InChI=1S/C18H19N3OS/c1-12-5-7-14(8-6-12)16-11-17(21-20-16)18(22)19-13(2)10-15-4-3-9-23-15/h3-9,11,13H,10H2,1-2H3,(H,19,22)(H,20,21). The van der Waals surface area contributed by atoms with Gasteiger partial charge >= 0.3 is 0 Å². The van der Waals surface area contributed by atoms with Gasteiger partial charge in [-0.25, -0.2) is 0 Å². The SMILES string of the molecule is Cc1ccc(-c2cc(C(=O)NC(C)Cc3cccs3)[nH]n2)cc1. The molecule has 1 amide bonds. The summed E-state index contributed by atoms with van der Waals surface area (Å²) in [4.78, 5) is 13.6. The summed E-state index contributed by atoms with van der Waals surface area (Å²) in [5.74, 6) is -0.125. The Morgan fingerprint density at radius 2 is 2.09 bits per heavy atom. The Morgan fingerprint density at radius 1 is 1.30 bits per heavy atom. The number of carbonyl (C=O) groups is 1. The Balaban J connectivity index is 1.65. The average molecular weight is 325 g/mol. The van der Waals surface area contributed by atoms with E-state index in [1.165, 1.54) is 10.4 Å². The molecule has 2 heterocycles. The Hall–Kier alpha value is -2.40. The Bertz CT molecular complexity index is 775. The summed E-state index contributed by atoms with van der Waals surface area (Å²) in [6.07, 6.45) is 0.836. The van der Waals surface area contributed by atoms with Crippen LogP contribution in [0.25, 0.3) is 11.3 Å². The fraction of sp³-hybridized carbons (Fsp3) is 0.222. The molecule has 2 aromatic heterocycles. The molecule has 1 unspecified atom stereocenters. The quantitative estimate of drug-likeness (QED) is 0.749. The minimum atomic E-state index is -0.125. The van der Waals surface area contributed by atoms with E-state index in [-0.39, 0.29) is 11.9 Å². The molecule has 0 spiro atoms. The van der Waals surface area contributed by atoms with Crippen molar-refractivity contribution in [2.75, 3.05) is 0 Å². The third-order valence-corrected chi connectivity index (χ3v) is 4.53. The molecule has 5 heteroatoms. The van der Waals surface area contributed by atoms with Gasteiger partial charge in [0.05, 0.1) is 5.69 Å². The number of nitrogens with zero attached hydrogens (tertiary/aromatic N) is 1. The highest BCUT2D eigenvalue weighted by atomic mass is 32.1. The molecule has 0 saturated heterocycles. The second-order valence-electron chi connectivity index (χ2n) is 5.69. The number of nitrogens with one attached hydrogen (secondary N) is 2. The van der Waals surface area contributed by atoms with E-state index in [0.29, 0.717) is 5.69 Å². The Labute approximate surface area is 139 Å². The number of hydrogen-bond donors (Lipinski definition) is 2. The van der Waals surface area contributed by atoms with Gasteiger partial charge in [0.1, 0.15) is 5.69 Å². The van der Waals surface area contributed by atoms with Crippen LogP contribution in [0.15, 0.2) is 47.8 Å². The van der Waals surface area contributed by atoms with Crippen molar-refractivity contribution < 1.29 is 4.79 Å². The molecule has 23 heavy (non-hydrogen) atoms. The van der Waals surface area contributed by atoms with Crippen molar-refractivity contribution >= 4 is 17.2 Å². The molecule has 0 aliphatic rings. The number of amides is 1. The first-order chi connectivity index (χ1) is 11.1. The first-order valence-electron chi connectivity index (χ1n) is 7.57. The van der Waals surface area contributed by atoms with Gasteiger partial charge in [0.25, 0.3) is 5.91 Å². The molecule has 0 saturated carbocycles. The second-order valence-corrected chi connectivity index (χ2v) is 6.72. The van der Waals surface area contributed by atoms with Gasteiger partial charge < -0.3 is 5.32 Å². The van der Waals surface area contributed by atoms with Crippen LogP contribution < -0.4 is 5.32 Å². The molecular formula is C18H19N3OS. The molecule has 0 aliphatic carbocycles. The van der Waals surface area contributed by atoms with E-state index in [0.717, 1.165) is 17.7 Å². The predicted octanol–water partition coefficient (Wildman–Crippen LogP) is 3.81. The molecule has 0 radical (unpaired) electrons. The van der Waals surface area contributed by atoms with Crippen LogP contribution in [0.3, 0.4) is 0 Å². The van der Waals surface area contributed by atoms with Gasteiger partial charge in [0, 0.05) is 22.9 Å². The van der Waals surface area contributed by atoms with Crippen LogP contribution in [0.2, 0.25) is 0 Å². The van der Waals surface area contributed by atoms with Gasteiger partial charge in [0.2, 0.25) is 0 Å². The minimum Gasteiger partial charge on any atom is -0.348 e. The summed E-state index contributed by atoms with van der Waals surface area (Å²) in [5.41, 5.74) is 3.46. The van der Waals surface area contributed by atoms with E-state index >= 15 is 0 Å². The normalized spacial score (nSPS) is 12.1. The fourth-order valence-corrected chi connectivity index (χ4v) is 3.23. The van der Waals surface area contributed by atoms with E-state index in [9.17, 15) is 4.79 Å². The summed E-state index contributed by atoms with van der Waals surface area (Å²) in [5, 5.41) is 12.1. The average Bonchev–Trinajstić information content (AvgIpc) is 3.19. The van der Waals surface area contributed by atoms with Crippen LogP contribution in [0, 0.1) is 6.92 Å². The number of aromatic nitrogens is 2. The fourth-order valence-electron chi connectivity index (χ4n) is 2.39. The molecule has 1 aromatic carbocycles. The molecular weight excluding hydrogens is 306 g/mol. The monoisotopic (exact) mass is 325 g/mol. The lowest BCUT2D eigenvalue weighted by atomic mass is 10.1. The van der Waals surface area contributed by atoms with Crippen molar-refractivity contribution in [2.45, 2.75) is 26.3 Å². The predicted molar refractivity (Wildman–Crippen MR) is 93.7 cm³/mol. The van der Waals surface area contributed by atoms with Crippen molar-refractivity contribution in [3.8, 4) is 11.3 Å². The summed E-state index contributed by atoms with van der Waals surface area (Å²) < 4.78 is 0. The maximum atomic E-state index is 12.3. The van der Waals surface area contributed by atoms with Crippen molar-refractivity contribution in [2.24, 2.45) is 0 Å². The molecule has 2 N–H and O–H groups in total. The third kappa shape index (κ3) is 3.87. The van der Waals surface area contributed by atoms with E-state index in [4.69, 9.17) is 0 Å². The third-order valence-electron chi connectivity index (χ3n) is 3.63. The highest BCUT2D eigenvalue weighted by Gasteiger charge is 2.14. The highest BCUT2D eigenvalue weighted by molar-refractivity contribution is 7.09. The largest absolute Gasteiger partial charge is 0.348 e. The lowest BCUT2D eigenvalue weighted by molar-refractivity contribution is 0.0935. The van der Waals surface area contributed by atoms with E-state index < -0.39 is 0 Å². The van der Waals surface area contributed by atoms with Gasteiger partial charge in [-0.2, -0.15) is 5.10 Å². The van der Waals surface area contributed by atoms with Gasteiger partial charge in [-0.15, -0.1) is 11.3 Å². The highest BCUT2D eigenvalue weighted by Crippen LogP contribution is 2.18. The first kappa shape index (κ1) is 15.5. The smallest absolute Gasteiger partial charge is 0.269 e. The Kier molecular flexibility index (Phi) is 4.57. The number of aryl methyl sites for hydroxylation is 1. The summed E-state index contributed by atoms with van der Waals surface area (Å²) in [6.45, 7) is 4.05. The van der Waals surface area contributed by atoms with Crippen LogP contribution >= 0.6 is 11.3 Å². The summed E-state index contributed by atoms with van der Waals surface area (Å²) >= 11 is 1.71. The summed E-state index contributed by atoms with van der Waals surface area (Å²) in [7, 11) is 0. The van der Waals surface area contributed by atoms with Gasteiger partial charge in [-0.05, 0) is 31.4 Å². The number of thiophene rings is 1. The second kappa shape index (κ2) is 6.79. The zero-order valence-electron chi connectivity index (χ0n) is 13.2. The molecule has 4 nitrogen and oxygen atoms in total. The molecule has 118 valence electrons. The molecule has 3 aromatic rings. The van der Waals surface area contributed by atoms with E-state index in [1.807, 2.05) is 49.6 Å². The van der Waals surface area contributed by atoms with Crippen molar-refractivity contribution in [3.05, 3.63) is 64.0 Å². The van der Waals surface area contributed by atoms with Crippen LogP contribution in [0.1, 0.15) is 27.9 Å². The van der Waals surface area contributed by atoms with E-state index in [2.05, 4.69) is 21.6 Å². The molecule has 0 bridgehead atoms. The van der Waals surface area contributed by atoms with Crippen LogP contribution in [0.5, 0.6) is 0 Å². The van der Waals surface area contributed by atoms with E-state index in [1.54, 1.807) is 17.4 Å². The maximum Gasteiger partial charge on any atom is 0.269 e. The van der Waals surface area contributed by atoms with Crippen LogP contribution in [0.4, 0.5) is 0 Å². The topological polar surface area (TPSA) is 57.8 Å². The zero-order valence-corrected chi connectivity index (χ0v) is 14.0. The number of H-pyrrole nitrogens is 1. The van der Waals surface area contributed by atoms with Crippen molar-refractivity contribution in [3.63, 3.8) is 0 Å². The minimum absolute atomic E-state index is 0.0762. The first-order valence-corrected chi connectivity index (χ1v) is 8.45. The Morgan fingerprint density at radius 3 is 2.78 bits per heavy atom. The molecule has 0 fully saturated rings. The number of hydrogen-bond acceptors (Lipinski definition) is 3. The number of aromatic amines is 1. The number of benzene rings is 1. The lowest BCUT2D eigenvalue weighted by Gasteiger charge is -2.11. The lowest BCUT2D eigenvalue weighted by Crippen LogP contribution is -2.34.